The maximum Gasteiger partial charge on any atom is 0.573 e. The Morgan fingerprint density at radius 2 is 2.05 bits per heavy atom. The third-order valence-electron chi connectivity index (χ3n) is 2.23. The van der Waals surface area contributed by atoms with Crippen molar-refractivity contribution in [3.05, 3.63) is 29.8 Å². The van der Waals surface area contributed by atoms with Crippen molar-refractivity contribution in [3.8, 4) is 18.1 Å². The summed E-state index contributed by atoms with van der Waals surface area (Å²) in [6.45, 7) is 0.386. The SMILES string of the molecule is C#CCNC(=NC)NCc1ccccc1OC(F)(F)F. The number of alkyl halides is 3. The van der Waals surface area contributed by atoms with Crippen molar-refractivity contribution in [1.29, 1.82) is 0 Å². The van der Waals surface area contributed by atoms with Crippen LogP contribution in [0.1, 0.15) is 5.56 Å². The molecule has 0 aliphatic rings. The molecular formula is C13H14F3N3O. The summed E-state index contributed by atoms with van der Waals surface area (Å²) in [5, 5.41) is 5.64. The molecule has 0 aliphatic carbocycles. The van der Waals surface area contributed by atoms with Gasteiger partial charge < -0.3 is 15.4 Å². The smallest absolute Gasteiger partial charge is 0.405 e. The third-order valence-corrected chi connectivity index (χ3v) is 2.23. The molecule has 0 unspecified atom stereocenters. The van der Waals surface area contributed by atoms with E-state index < -0.39 is 6.36 Å². The van der Waals surface area contributed by atoms with Gasteiger partial charge in [-0.25, -0.2) is 0 Å². The first kappa shape index (κ1) is 15.7. The first-order valence-electron chi connectivity index (χ1n) is 5.68. The Balaban J connectivity index is 2.70. The van der Waals surface area contributed by atoms with Gasteiger partial charge in [-0.2, -0.15) is 0 Å². The molecule has 0 heterocycles. The number of nitrogens with one attached hydrogen (secondary N) is 2. The second-order valence-corrected chi connectivity index (χ2v) is 3.64. The van der Waals surface area contributed by atoms with E-state index in [2.05, 4.69) is 26.3 Å². The molecule has 0 amide bonds. The molecular weight excluding hydrogens is 271 g/mol. The largest absolute Gasteiger partial charge is 0.573 e. The van der Waals surface area contributed by atoms with E-state index in [1.54, 1.807) is 6.07 Å². The number of terminal acetylenes is 1. The van der Waals surface area contributed by atoms with Crippen LogP contribution in [0, 0.1) is 12.3 Å². The Labute approximate surface area is 115 Å². The minimum Gasteiger partial charge on any atom is -0.405 e. The van der Waals surface area contributed by atoms with Crippen LogP contribution in [0.2, 0.25) is 0 Å². The molecule has 0 radical (unpaired) electrons. The number of ether oxygens (including phenoxy) is 1. The van der Waals surface area contributed by atoms with E-state index in [4.69, 9.17) is 6.42 Å². The minimum atomic E-state index is -4.72. The summed E-state index contributed by atoms with van der Waals surface area (Å²) in [6, 6.07) is 5.87. The normalized spacial score (nSPS) is 11.7. The van der Waals surface area contributed by atoms with E-state index in [0.29, 0.717) is 11.5 Å². The molecule has 7 heteroatoms. The number of rotatable bonds is 4. The first-order valence-corrected chi connectivity index (χ1v) is 5.68. The average Bonchev–Trinajstić information content (AvgIpc) is 2.39. The van der Waals surface area contributed by atoms with E-state index in [9.17, 15) is 13.2 Å². The molecule has 4 nitrogen and oxygen atoms in total. The lowest BCUT2D eigenvalue weighted by molar-refractivity contribution is -0.274. The summed E-state index contributed by atoms with van der Waals surface area (Å²) in [4.78, 5) is 3.88. The fourth-order valence-corrected chi connectivity index (χ4v) is 1.41. The van der Waals surface area contributed by atoms with Gasteiger partial charge in [-0.15, -0.1) is 19.6 Å². The summed E-state index contributed by atoms with van der Waals surface area (Å²) in [6.07, 6.45) is 0.369. The van der Waals surface area contributed by atoms with Crippen molar-refractivity contribution < 1.29 is 17.9 Å². The number of aliphatic imine (C=N–C) groups is 1. The molecule has 0 atom stereocenters. The topological polar surface area (TPSA) is 45.7 Å². The van der Waals surface area contributed by atoms with Crippen LogP contribution in [-0.4, -0.2) is 25.9 Å². The highest BCUT2D eigenvalue weighted by molar-refractivity contribution is 5.79. The molecule has 1 aromatic carbocycles. The van der Waals surface area contributed by atoms with Crippen molar-refractivity contribution in [3.63, 3.8) is 0 Å². The highest BCUT2D eigenvalue weighted by Gasteiger charge is 2.31. The second kappa shape index (κ2) is 7.28. The number of halogens is 3. The molecule has 0 fully saturated rings. The number of hydrogen-bond acceptors (Lipinski definition) is 2. The van der Waals surface area contributed by atoms with Crippen LogP contribution >= 0.6 is 0 Å². The number of benzene rings is 1. The zero-order valence-corrected chi connectivity index (χ0v) is 10.8. The van der Waals surface area contributed by atoms with Gasteiger partial charge in [-0.05, 0) is 6.07 Å². The summed E-state index contributed by atoms with van der Waals surface area (Å²) >= 11 is 0. The molecule has 0 bridgehead atoms. The van der Waals surface area contributed by atoms with Gasteiger partial charge in [0.05, 0.1) is 6.54 Å². The molecule has 0 aliphatic heterocycles. The molecule has 108 valence electrons. The average molecular weight is 285 g/mol. The van der Waals surface area contributed by atoms with Crippen LogP contribution in [-0.2, 0) is 6.54 Å². The fourth-order valence-electron chi connectivity index (χ4n) is 1.41. The lowest BCUT2D eigenvalue weighted by Crippen LogP contribution is -2.37. The van der Waals surface area contributed by atoms with Crippen LogP contribution in [0.5, 0.6) is 5.75 Å². The molecule has 0 saturated heterocycles. The number of para-hydroxylation sites is 1. The van der Waals surface area contributed by atoms with Gasteiger partial charge in [-0.3, -0.25) is 4.99 Å². The van der Waals surface area contributed by atoms with Crippen LogP contribution in [0.15, 0.2) is 29.3 Å². The predicted octanol–water partition coefficient (Wildman–Crippen LogP) is 1.88. The van der Waals surface area contributed by atoms with E-state index in [1.807, 2.05) is 0 Å². The molecule has 0 saturated carbocycles. The van der Waals surface area contributed by atoms with Crippen LogP contribution < -0.4 is 15.4 Å². The Morgan fingerprint density at radius 3 is 2.65 bits per heavy atom. The maximum absolute atomic E-state index is 12.3. The fraction of sp³-hybridized carbons (Fsp3) is 0.308. The Morgan fingerprint density at radius 1 is 1.35 bits per heavy atom. The lowest BCUT2D eigenvalue weighted by Gasteiger charge is -2.15. The summed E-state index contributed by atoms with van der Waals surface area (Å²) in [7, 11) is 1.53. The van der Waals surface area contributed by atoms with Crippen molar-refractivity contribution >= 4 is 5.96 Å². The molecule has 2 N–H and O–H groups in total. The highest BCUT2D eigenvalue weighted by Crippen LogP contribution is 2.25. The standard InChI is InChI=1S/C13H14F3N3O/c1-3-8-18-12(17-2)19-9-10-6-4-5-7-11(10)20-13(14,15)16/h1,4-7H,8-9H2,2H3,(H2,17,18,19). The number of guanidine groups is 1. The summed E-state index contributed by atoms with van der Waals surface area (Å²) < 4.78 is 40.7. The second-order valence-electron chi connectivity index (χ2n) is 3.64. The van der Waals surface area contributed by atoms with Gasteiger partial charge in [0, 0.05) is 19.2 Å². The van der Waals surface area contributed by atoms with Gasteiger partial charge in [0.25, 0.3) is 0 Å². The zero-order valence-electron chi connectivity index (χ0n) is 10.8. The molecule has 1 aromatic rings. The molecule has 1 rings (SSSR count). The van der Waals surface area contributed by atoms with Crippen molar-refractivity contribution in [2.45, 2.75) is 12.9 Å². The zero-order chi connectivity index (χ0) is 15.0. The Hall–Kier alpha value is -2.36. The van der Waals surface area contributed by atoms with Gasteiger partial charge >= 0.3 is 6.36 Å². The van der Waals surface area contributed by atoms with Gasteiger partial charge in [0.2, 0.25) is 0 Å². The molecule has 0 aromatic heterocycles. The maximum atomic E-state index is 12.3. The highest BCUT2D eigenvalue weighted by atomic mass is 19.4. The van der Waals surface area contributed by atoms with Crippen LogP contribution in [0.3, 0.4) is 0 Å². The quantitative estimate of drug-likeness (QED) is 0.504. The van der Waals surface area contributed by atoms with Gasteiger partial charge in [0.1, 0.15) is 5.75 Å². The molecule has 20 heavy (non-hydrogen) atoms. The third kappa shape index (κ3) is 5.52. The number of nitrogens with zero attached hydrogens (tertiary/aromatic N) is 1. The summed E-state index contributed by atoms with van der Waals surface area (Å²) in [5.41, 5.74) is 0.355. The van der Waals surface area contributed by atoms with Gasteiger partial charge in [0.15, 0.2) is 5.96 Å². The van der Waals surface area contributed by atoms with E-state index >= 15 is 0 Å². The monoisotopic (exact) mass is 285 g/mol. The van der Waals surface area contributed by atoms with Crippen LogP contribution in [0.25, 0.3) is 0 Å². The molecule has 0 spiro atoms. The van der Waals surface area contributed by atoms with Crippen LogP contribution in [0.4, 0.5) is 13.2 Å². The number of hydrogen-bond donors (Lipinski definition) is 2. The summed E-state index contributed by atoms with van der Waals surface area (Å²) in [5.74, 6) is 2.51. The van der Waals surface area contributed by atoms with Crippen molar-refractivity contribution in [2.24, 2.45) is 4.99 Å². The van der Waals surface area contributed by atoms with Crippen molar-refractivity contribution in [2.75, 3.05) is 13.6 Å². The Kier molecular flexibility index (Phi) is 5.72. The minimum absolute atomic E-state index is 0.122. The lowest BCUT2D eigenvalue weighted by atomic mass is 10.2. The van der Waals surface area contributed by atoms with Gasteiger partial charge in [-0.1, -0.05) is 24.1 Å². The van der Waals surface area contributed by atoms with E-state index in [0.717, 1.165) is 0 Å². The van der Waals surface area contributed by atoms with Crippen molar-refractivity contribution in [1.82, 2.24) is 10.6 Å². The predicted molar refractivity (Wildman–Crippen MR) is 70.2 cm³/mol. The first-order chi connectivity index (χ1) is 9.46. The Bertz CT molecular complexity index is 506. The van der Waals surface area contributed by atoms with E-state index in [-0.39, 0.29) is 18.8 Å². The van der Waals surface area contributed by atoms with E-state index in [1.165, 1.54) is 25.2 Å².